The molecule has 184 valence electrons. The lowest BCUT2D eigenvalue weighted by molar-refractivity contribution is -0.136. The zero-order valence-electron chi connectivity index (χ0n) is 19.3. The fourth-order valence-corrected chi connectivity index (χ4v) is 6.22. The average molecular weight is 514 g/mol. The second-order valence-corrected chi connectivity index (χ2v) is 11.4. The number of benzene rings is 3. The fraction of sp³-hybridized carbons (Fsp3) is 0.296. The highest BCUT2D eigenvalue weighted by molar-refractivity contribution is 7.92. The number of carboxylic acids is 1. The molecule has 1 aliphatic rings. The Morgan fingerprint density at radius 3 is 2.29 bits per heavy atom. The van der Waals surface area contributed by atoms with E-state index in [9.17, 15) is 18.3 Å². The first-order valence-corrected chi connectivity index (χ1v) is 13.5. The van der Waals surface area contributed by atoms with E-state index < -0.39 is 21.1 Å². The van der Waals surface area contributed by atoms with Gasteiger partial charge < -0.3 is 9.84 Å². The molecule has 0 aromatic heterocycles. The van der Waals surface area contributed by atoms with Gasteiger partial charge in [0, 0.05) is 17.1 Å². The number of piperidine rings is 1. The molecule has 0 unspecified atom stereocenters. The molecule has 0 amide bonds. The van der Waals surface area contributed by atoms with Gasteiger partial charge in [-0.15, -0.1) is 0 Å². The maximum absolute atomic E-state index is 13.0. The van der Waals surface area contributed by atoms with Crippen LogP contribution in [0.4, 0.5) is 0 Å². The van der Waals surface area contributed by atoms with Crippen molar-refractivity contribution in [2.45, 2.75) is 42.6 Å². The Hall–Kier alpha value is -2.87. The number of rotatable bonds is 9. The van der Waals surface area contributed by atoms with Crippen LogP contribution < -0.4 is 4.74 Å². The van der Waals surface area contributed by atoms with E-state index in [1.165, 1.54) is 0 Å². The lowest BCUT2D eigenvalue weighted by Gasteiger charge is -2.32. The van der Waals surface area contributed by atoms with Gasteiger partial charge in [-0.25, -0.2) is 8.42 Å². The molecule has 1 aliphatic heterocycles. The van der Waals surface area contributed by atoms with E-state index in [0.717, 1.165) is 11.1 Å². The van der Waals surface area contributed by atoms with Crippen LogP contribution in [0.2, 0.25) is 5.02 Å². The highest BCUT2D eigenvalue weighted by atomic mass is 35.5. The quantitative estimate of drug-likeness (QED) is 0.434. The zero-order valence-corrected chi connectivity index (χ0v) is 20.8. The highest BCUT2D eigenvalue weighted by Gasteiger charge is 2.31. The molecular formula is C27H28ClNO5S. The number of carboxylic acid groups (broad SMARTS) is 1. The minimum Gasteiger partial charge on any atom is -0.489 e. The molecule has 6 nitrogen and oxygen atoms in total. The molecule has 0 saturated carbocycles. The summed E-state index contributed by atoms with van der Waals surface area (Å²) in [6.07, 6.45) is 1.03. The molecule has 3 aromatic carbocycles. The third-order valence-electron chi connectivity index (χ3n) is 6.23. The molecule has 1 heterocycles. The van der Waals surface area contributed by atoms with Crippen LogP contribution in [0.1, 0.15) is 29.5 Å². The summed E-state index contributed by atoms with van der Waals surface area (Å²) in [7, 11) is -3.36. The molecule has 1 N–H and O–H groups in total. The number of carbonyl (C=O) groups is 1. The van der Waals surface area contributed by atoms with Gasteiger partial charge in [-0.05, 0) is 67.4 Å². The maximum atomic E-state index is 13.0. The Morgan fingerprint density at radius 1 is 0.971 bits per heavy atom. The van der Waals surface area contributed by atoms with Gasteiger partial charge in [0.1, 0.15) is 12.4 Å². The average Bonchev–Trinajstić information content (AvgIpc) is 2.85. The van der Waals surface area contributed by atoms with Gasteiger partial charge >= 0.3 is 5.97 Å². The molecule has 4 rings (SSSR count). The zero-order chi connectivity index (χ0) is 24.8. The van der Waals surface area contributed by atoms with Crippen LogP contribution in [-0.2, 0) is 34.2 Å². The Bertz CT molecular complexity index is 1250. The molecule has 0 radical (unpaired) electrons. The smallest absolute Gasteiger partial charge is 0.307 e. The monoisotopic (exact) mass is 513 g/mol. The number of sulfone groups is 1. The van der Waals surface area contributed by atoms with E-state index in [0.29, 0.717) is 60.3 Å². The van der Waals surface area contributed by atoms with E-state index >= 15 is 0 Å². The van der Waals surface area contributed by atoms with Gasteiger partial charge in [0.05, 0.1) is 16.6 Å². The van der Waals surface area contributed by atoms with E-state index in [-0.39, 0.29) is 6.42 Å². The minimum absolute atomic E-state index is 0.0676. The van der Waals surface area contributed by atoms with E-state index in [4.69, 9.17) is 16.3 Å². The van der Waals surface area contributed by atoms with Crippen molar-refractivity contribution < 1.29 is 23.1 Å². The molecule has 0 atom stereocenters. The van der Waals surface area contributed by atoms with Crippen molar-refractivity contribution in [1.82, 2.24) is 4.90 Å². The normalized spacial score (nSPS) is 15.1. The summed E-state index contributed by atoms with van der Waals surface area (Å²) in [6.45, 7) is 2.19. The third kappa shape index (κ3) is 6.63. The summed E-state index contributed by atoms with van der Waals surface area (Å²) in [6, 6.07) is 21.5. The van der Waals surface area contributed by atoms with E-state index in [1.54, 1.807) is 30.3 Å². The SMILES string of the molecule is O=C(O)Cc1ccc(OCc2ccc(Cl)cc2)c(CN2CCC(S(=O)(=O)c3ccccc3)CC2)c1. The predicted molar refractivity (Wildman–Crippen MR) is 135 cm³/mol. The van der Waals surface area contributed by atoms with Gasteiger partial charge in [-0.1, -0.05) is 54.1 Å². The van der Waals surface area contributed by atoms with Crippen molar-refractivity contribution in [2.24, 2.45) is 0 Å². The van der Waals surface area contributed by atoms with Gasteiger partial charge in [0.25, 0.3) is 0 Å². The van der Waals surface area contributed by atoms with E-state index in [1.807, 2.05) is 42.5 Å². The Labute approximate surface area is 211 Å². The number of hydrogen-bond donors (Lipinski definition) is 1. The third-order valence-corrected chi connectivity index (χ3v) is 8.76. The summed E-state index contributed by atoms with van der Waals surface area (Å²) in [4.78, 5) is 13.8. The van der Waals surface area contributed by atoms with Crippen molar-refractivity contribution in [3.8, 4) is 5.75 Å². The molecule has 8 heteroatoms. The summed E-state index contributed by atoms with van der Waals surface area (Å²) < 4.78 is 32.1. The first-order chi connectivity index (χ1) is 16.8. The number of halogens is 1. The van der Waals surface area contributed by atoms with Crippen molar-refractivity contribution in [2.75, 3.05) is 13.1 Å². The van der Waals surface area contributed by atoms with Gasteiger partial charge in [-0.3, -0.25) is 9.69 Å². The number of ether oxygens (including phenoxy) is 1. The van der Waals surface area contributed by atoms with Crippen LogP contribution >= 0.6 is 11.6 Å². The van der Waals surface area contributed by atoms with Crippen molar-refractivity contribution in [3.63, 3.8) is 0 Å². The minimum atomic E-state index is -3.36. The van der Waals surface area contributed by atoms with Crippen LogP contribution in [-0.4, -0.2) is 42.7 Å². The van der Waals surface area contributed by atoms with Crippen molar-refractivity contribution >= 4 is 27.4 Å². The van der Waals surface area contributed by atoms with Gasteiger partial charge in [-0.2, -0.15) is 0 Å². The molecule has 0 aliphatic carbocycles. The largest absolute Gasteiger partial charge is 0.489 e. The topological polar surface area (TPSA) is 83.9 Å². The Kier molecular flexibility index (Phi) is 8.11. The Morgan fingerprint density at radius 2 is 1.63 bits per heavy atom. The van der Waals surface area contributed by atoms with Crippen LogP contribution in [0, 0.1) is 0 Å². The van der Waals surface area contributed by atoms with Crippen molar-refractivity contribution in [3.05, 3.63) is 94.5 Å². The first kappa shape index (κ1) is 25.2. The molecule has 1 saturated heterocycles. The first-order valence-electron chi connectivity index (χ1n) is 11.5. The second kappa shape index (κ2) is 11.2. The Balaban J connectivity index is 1.45. The molecule has 3 aromatic rings. The van der Waals surface area contributed by atoms with E-state index in [2.05, 4.69) is 4.90 Å². The van der Waals surface area contributed by atoms with Crippen LogP contribution in [0.3, 0.4) is 0 Å². The van der Waals surface area contributed by atoms with Crippen LogP contribution in [0.5, 0.6) is 5.75 Å². The molecule has 1 fully saturated rings. The van der Waals surface area contributed by atoms with Crippen molar-refractivity contribution in [1.29, 1.82) is 0 Å². The van der Waals surface area contributed by atoms with Gasteiger partial charge in [0.2, 0.25) is 0 Å². The number of aliphatic carboxylic acids is 1. The number of likely N-dealkylation sites (tertiary alicyclic amines) is 1. The lowest BCUT2D eigenvalue weighted by Crippen LogP contribution is -2.39. The number of nitrogens with zero attached hydrogens (tertiary/aromatic N) is 1. The van der Waals surface area contributed by atoms with Crippen LogP contribution in [0.25, 0.3) is 0 Å². The second-order valence-electron chi connectivity index (χ2n) is 8.76. The lowest BCUT2D eigenvalue weighted by atomic mass is 10.0. The van der Waals surface area contributed by atoms with Crippen LogP contribution in [0.15, 0.2) is 77.7 Å². The maximum Gasteiger partial charge on any atom is 0.307 e. The number of hydrogen-bond acceptors (Lipinski definition) is 5. The molecule has 0 spiro atoms. The summed E-state index contributed by atoms with van der Waals surface area (Å²) in [5, 5.41) is 9.47. The molecule has 0 bridgehead atoms. The summed E-state index contributed by atoms with van der Waals surface area (Å²) in [5.41, 5.74) is 2.57. The fourth-order valence-electron chi connectivity index (χ4n) is 4.34. The molecular weight excluding hydrogens is 486 g/mol. The summed E-state index contributed by atoms with van der Waals surface area (Å²) >= 11 is 5.96. The standard InChI is InChI=1S/C27H28ClNO5S/c28-23-9-6-20(7-10-23)19-34-26-11-8-21(17-27(30)31)16-22(26)18-29-14-12-25(13-15-29)35(32,33)24-4-2-1-3-5-24/h1-11,16,25H,12-15,17-19H2,(H,30,31). The summed E-state index contributed by atoms with van der Waals surface area (Å²) in [5.74, 6) is -0.203. The highest BCUT2D eigenvalue weighted by Crippen LogP contribution is 2.28. The molecule has 35 heavy (non-hydrogen) atoms. The van der Waals surface area contributed by atoms with Gasteiger partial charge in [0.15, 0.2) is 9.84 Å². The predicted octanol–water partition coefficient (Wildman–Crippen LogP) is 4.98.